The van der Waals surface area contributed by atoms with E-state index in [0.29, 0.717) is 18.2 Å². The maximum Gasteiger partial charge on any atom is 0.326 e. The van der Waals surface area contributed by atoms with Gasteiger partial charge < -0.3 is 14.5 Å². The second kappa shape index (κ2) is 19.4. The Morgan fingerprint density at radius 3 is 2.40 bits per heavy atom. The molecule has 0 bridgehead atoms. The number of ether oxygens (including phenoxy) is 2. The number of fused-ring (bicyclic) bond motifs is 1. The lowest BCUT2D eigenvalue weighted by atomic mass is 9.98. The van der Waals surface area contributed by atoms with Gasteiger partial charge in [-0.2, -0.15) is 0 Å². The average molecular weight is 659 g/mol. The fourth-order valence-corrected chi connectivity index (χ4v) is 3.54. The van der Waals surface area contributed by atoms with Crippen LogP contribution in [0.5, 0.6) is 5.75 Å². The smallest absolute Gasteiger partial charge is 0.326 e. The van der Waals surface area contributed by atoms with Crippen molar-refractivity contribution in [3.8, 4) is 5.75 Å². The van der Waals surface area contributed by atoms with E-state index < -0.39 is 36.1 Å². The van der Waals surface area contributed by atoms with Crippen LogP contribution < -0.4 is 20.3 Å². The van der Waals surface area contributed by atoms with E-state index in [9.17, 15) is 22.4 Å². The molecule has 1 heterocycles. The zero-order chi connectivity index (χ0) is 27.0. The largest absolute Gasteiger partial charge is 0.484 e. The second-order valence-electron chi connectivity index (χ2n) is 7.32. The number of hydrogen-bond donors (Lipinski definition) is 4. The lowest BCUT2D eigenvalue weighted by molar-refractivity contribution is 0.0213. The minimum atomic E-state index is -2.81. The van der Waals surface area contributed by atoms with E-state index >= 15 is 0 Å². The first-order valence-electron chi connectivity index (χ1n) is 11.1. The van der Waals surface area contributed by atoms with Gasteiger partial charge in [-0.15, -0.1) is 9.80 Å². The number of hydrogen-bond acceptors (Lipinski definition) is 7. The Balaban J connectivity index is 0.000000602. The molecule has 0 spiro atoms. The topological polar surface area (TPSA) is 94.3 Å². The van der Waals surface area contributed by atoms with Gasteiger partial charge in [0.05, 0.1) is 12.7 Å². The van der Waals surface area contributed by atoms with Gasteiger partial charge in [0, 0.05) is 31.3 Å². The highest BCUT2D eigenvalue weighted by molar-refractivity contribution is 14.2. The predicted octanol–water partition coefficient (Wildman–Crippen LogP) is 5.92. The number of thiol groups is 1. The maximum absolute atomic E-state index is 13.9. The molecule has 4 N–H and O–H groups in total. The molecule has 0 saturated heterocycles. The zero-order valence-electron chi connectivity index (χ0n) is 20.3. The Morgan fingerprint density at radius 1 is 1.26 bits per heavy atom. The molecular weight excluding hydrogens is 623 g/mol. The second-order valence-corrected chi connectivity index (χ2v) is 7.79. The van der Waals surface area contributed by atoms with E-state index in [1.165, 1.54) is 51.3 Å². The number of nitrogens with zero attached hydrogens (tertiary/aromatic N) is 1. The van der Waals surface area contributed by atoms with Crippen LogP contribution in [0.15, 0.2) is 10.9 Å². The van der Waals surface area contributed by atoms with Gasteiger partial charge in [0.1, 0.15) is 17.6 Å². The highest BCUT2D eigenvalue weighted by Crippen LogP contribution is 2.27. The molecule has 0 amide bonds. The number of imidazole rings is 1. The van der Waals surface area contributed by atoms with Crippen LogP contribution in [0.2, 0.25) is 0 Å². The molecule has 1 aromatic heterocycles. The molecule has 7 nitrogen and oxygen atoms in total. The Kier molecular flexibility index (Phi) is 19.1. The average Bonchev–Trinajstić information content (AvgIpc) is 3.18. The first-order chi connectivity index (χ1) is 16.7. The summed E-state index contributed by atoms with van der Waals surface area (Å²) < 4.78 is 65.4. The summed E-state index contributed by atoms with van der Waals surface area (Å²) in [5.41, 5.74) is -1.40. The molecule has 204 valence electrons. The molecule has 35 heavy (non-hydrogen) atoms. The van der Waals surface area contributed by atoms with Gasteiger partial charge in [0.25, 0.3) is 6.43 Å². The van der Waals surface area contributed by atoms with Crippen LogP contribution >= 0.6 is 43.1 Å². The fraction of sp³-hybridized carbons (Fsp3) is 0.667. The van der Waals surface area contributed by atoms with Crippen LogP contribution in [0.4, 0.5) is 17.6 Å². The van der Waals surface area contributed by atoms with E-state index in [2.05, 4.69) is 31.2 Å². The molecule has 1 aliphatic carbocycles. The van der Waals surface area contributed by atoms with Gasteiger partial charge in [-0.25, -0.2) is 27.1 Å². The molecule has 1 atom stereocenters. The molecule has 2 aromatic rings. The van der Waals surface area contributed by atoms with Gasteiger partial charge >= 0.3 is 5.69 Å². The molecule has 1 aromatic carbocycles. The molecule has 1 saturated carbocycles. The zero-order valence-corrected chi connectivity index (χ0v) is 24.1. The van der Waals surface area contributed by atoms with Crippen molar-refractivity contribution in [1.82, 2.24) is 14.3 Å². The van der Waals surface area contributed by atoms with E-state index in [1.807, 2.05) is 35.1 Å². The van der Waals surface area contributed by atoms with Crippen molar-refractivity contribution in [3.05, 3.63) is 28.2 Å². The van der Waals surface area contributed by atoms with Crippen LogP contribution in [0, 0.1) is 11.6 Å². The third kappa shape index (κ3) is 11.9. The third-order valence-electron chi connectivity index (χ3n) is 4.80. The molecule has 0 radical (unpaired) electrons. The van der Waals surface area contributed by atoms with E-state index in [1.54, 1.807) is 0 Å². The molecule has 3 rings (SSSR count). The number of aryl methyl sites for hydroxylation is 1. The number of nitrogens with one attached hydrogen (secondary N) is 2. The summed E-state index contributed by atoms with van der Waals surface area (Å²) in [7, 11) is 4.72. The Labute approximate surface area is 225 Å². The van der Waals surface area contributed by atoms with E-state index in [0.717, 1.165) is 11.2 Å². The van der Waals surface area contributed by atoms with Gasteiger partial charge in [0.2, 0.25) is 0 Å². The standard InChI is InChI=1S/C10H8F4N2O2.C9H20N2OS.C2H6.HIS/c1-16-9-7(14)5(18-3-6(12)13)2-4(11)8(9)15-10(16)17;1-8(11-13-10)7-12-9-5-3-2-4-6-9;2*1-2/h2,6H,3H2,1H3,(H,15,17);8-9,11H,2-7,10H2,1H3;1-2H3;2H. The lowest BCUT2D eigenvalue weighted by Gasteiger charge is -2.23. The lowest BCUT2D eigenvalue weighted by Crippen LogP contribution is -2.29. The minimum absolute atomic E-state index is 0.329. The SMILES string of the molecule is CC.CC(COC1CCCCC1)NSN.Cn1c(=O)[nH]c2c(F)cc(OCC(F)F)c(F)c21.SI. The summed E-state index contributed by atoms with van der Waals surface area (Å²) in [5.74, 6) is -2.67. The maximum atomic E-state index is 13.9. The highest BCUT2D eigenvalue weighted by atomic mass is 127. The summed E-state index contributed by atoms with van der Waals surface area (Å²) in [6.45, 7) is 5.80. The predicted molar refractivity (Wildman–Crippen MR) is 147 cm³/mol. The molecular formula is C21H35F4IN4O3S2. The number of aromatic amines is 1. The van der Waals surface area contributed by atoms with Crippen molar-refractivity contribution in [3.63, 3.8) is 0 Å². The van der Waals surface area contributed by atoms with Gasteiger partial charge in [0.15, 0.2) is 17.4 Å². The van der Waals surface area contributed by atoms with Crippen molar-refractivity contribution < 1.29 is 27.0 Å². The molecule has 1 aliphatic rings. The number of alkyl halides is 2. The Morgan fingerprint density at radius 2 is 1.86 bits per heavy atom. The molecule has 1 unspecified atom stereocenters. The number of H-pyrrole nitrogens is 1. The summed E-state index contributed by atoms with van der Waals surface area (Å²) in [6.07, 6.45) is 4.21. The fourth-order valence-electron chi connectivity index (χ4n) is 3.24. The highest BCUT2D eigenvalue weighted by Gasteiger charge is 2.19. The van der Waals surface area contributed by atoms with Crippen LogP contribution in [0.3, 0.4) is 0 Å². The summed E-state index contributed by atoms with van der Waals surface area (Å²) in [6, 6.07) is 0.965. The van der Waals surface area contributed by atoms with Crippen molar-refractivity contribution in [2.75, 3.05) is 13.2 Å². The summed E-state index contributed by atoms with van der Waals surface area (Å²) >= 11 is 3.01. The number of halogens is 5. The number of rotatable bonds is 8. The Bertz CT molecular complexity index is 900. The van der Waals surface area contributed by atoms with E-state index in [4.69, 9.17) is 9.88 Å². The quantitative estimate of drug-likeness (QED) is 0.122. The number of nitrogens with two attached hydrogens (primary N) is 1. The third-order valence-corrected chi connectivity index (χ3v) is 5.34. The molecule has 0 aliphatic heterocycles. The first kappa shape index (κ1) is 34.3. The van der Waals surface area contributed by atoms with Gasteiger partial charge in [-0.1, -0.05) is 33.1 Å². The van der Waals surface area contributed by atoms with Crippen molar-refractivity contribution in [1.29, 1.82) is 0 Å². The van der Waals surface area contributed by atoms with E-state index in [-0.39, 0.29) is 11.0 Å². The number of benzene rings is 1. The number of aromatic nitrogens is 2. The first-order valence-corrected chi connectivity index (χ1v) is 15.2. The van der Waals surface area contributed by atoms with Crippen LogP contribution in [-0.2, 0) is 11.8 Å². The van der Waals surface area contributed by atoms with Crippen LogP contribution in [0.25, 0.3) is 11.0 Å². The van der Waals surface area contributed by atoms with Crippen molar-refractivity contribution in [2.24, 2.45) is 12.2 Å². The van der Waals surface area contributed by atoms with Crippen LogP contribution in [-0.4, -0.2) is 41.3 Å². The van der Waals surface area contributed by atoms with Crippen molar-refractivity contribution in [2.45, 2.75) is 71.4 Å². The van der Waals surface area contributed by atoms with Crippen molar-refractivity contribution >= 4 is 54.2 Å². The summed E-state index contributed by atoms with van der Waals surface area (Å²) in [5, 5.41) is 5.29. The Hall–Kier alpha value is -0.680. The molecule has 1 fully saturated rings. The molecule has 14 heteroatoms. The minimum Gasteiger partial charge on any atom is -0.484 e. The van der Waals surface area contributed by atoms with Crippen LogP contribution in [0.1, 0.15) is 52.9 Å². The normalized spacial score (nSPS) is 14.3. The summed E-state index contributed by atoms with van der Waals surface area (Å²) in [4.78, 5) is 13.4. The van der Waals surface area contributed by atoms with Gasteiger partial charge in [-0.05, 0) is 41.0 Å². The monoisotopic (exact) mass is 658 g/mol. The van der Waals surface area contributed by atoms with Gasteiger partial charge in [-0.3, -0.25) is 9.71 Å².